The third kappa shape index (κ3) is 6.83. The third-order valence-electron chi connectivity index (χ3n) is 5.90. The van der Waals surface area contributed by atoms with Crippen LogP contribution in [-0.4, -0.2) is 37.7 Å². The van der Waals surface area contributed by atoms with E-state index >= 15 is 0 Å². The summed E-state index contributed by atoms with van der Waals surface area (Å²) in [6.45, 7) is 6.17. The Bertz CT molecular complexity index is 1500. The average molecular weight is 551 g/mol. The fourth-order valence-corrected chi connectivity index (χ4v) is 5.70. The van der Waals surface area contributed by atoms with Gasteiger partial charge in [-0.2, -0.15) is 4.72 Å². The number of ether oxygens (including phenoxy) is 1. The maximum absolute atomic E-state index is 13.3. The summed E-state index contributed by atoms with van der Waals surface area (Å²) in [5.41, 5.74) is 2.50. The largest absolute Gasteiger partial charge is 0.497 e. The number of nitrogens with zero attached hydrogens (tertiary/aromatic N) is 2. The van der Waals surface area contributed by atoms with Crippen LogP contribution in [0, 0.1) is 0 Å². The van der Waals surface area contributed by atoms with E-state index < -0.39 is 22.0 Å². The molecule has 4 aromatic rings. The van der Waals surface area contributed by atoms with Crippen molar-refractivity contribution < 1.29 is 17.9 Å². The fraction of sp³-hybridized carbons (Fsp3) is 0.250. The molecule has 0 fully saturated rings. The number of carbonyl (C=O) groups excluding carboxylic acids is 1. The van der Waals surface area contributed by atoms with Crippen molar-refractivity contribution in [2.75, 3.05) is 12.4 Å². The molecule has 8 nitrogen and oxygen atoms in total. The number of nitrogens with one attached hydrogen (secondary N) is 2. The number of hydrogen-bond donors (Lipinski definition) is 2. The number of benzene rings is 3. The number of sulfonamides is 1. The monoisotopic (exact) mass is 550 g/mol. The van der Waals surface area contributed by atoms with Gasteiger partial charge in [0.25, 0.3) is 0 Å². The number of methoxy groups -OCH3 is 1. The van der Waals surface area contributed by atoms with Gasteiger partial charge in [-0.3, -0.25) is 10.1 Å². The first-order valence-corrected chi connectivity index (χ1v) is 14.3. The highest BCUT2D eigenvalue weighted by Gasteiger charge is 2.27. The Kier molecular flexibility index (Phi) is 8.25. The summed E-state index contributed by atoms with van der Waals surface area (Å²) in [6, 6.07) is 22.2. The van der Waals surface area contributed by atoms with E-state index in [0.29, 0.717) is 10.8 Å². The van der Waals surface area contributed by atoms with Crippen LogP contribution in [0.2, 0.25) is 0 Å². The lowest BCUT2D eigenvalue weighted by atomic mass is 9.87. The second kappa shape index (κ2) is 11.4. The number of hydrogen-bond acceptors (Lipinski definition) is 7. The van der Waals surface area contributed by atoms with E-state index in [1.165, 1.54) is 11.3 Å². The lowest BCUT2D eigenvalue weighted by molar-refractivity contribution is -0.117. The van der Waals surface area contributed by atoms with Gasteiger partial charge in [-0.1, -0.05) is 86.7 Å². The molecule has 198 valence electrons. The zero-order valence-corrected chi connectivity index (χ0v) is 23.3. The van der Waals surface area contributed by atoms with Crippen molar-refractivity contribution in [1.82, 2.24) is 14.9 Å². The Morgan fingerprint density at radius 2 is 1.68 bits per heavy atom. The lowest BCUT2D eigenvalue weighted by Gasteiger charge is -2.20. The normalized spacial score (nSPS) is 12.6. The van der Waals surface area contributed by atoms with Crippen molar-refractivity contribution >= 4 is 32.4 Å². The predicted octanol–water partition coefficient (Wildman–Crippen LogP) is 5.04. The molecule has 0 saturated heterocycles. The Morgan fingerprint density at radius 1 is 0.974 bits per heavy atom. The van der Waals surface area contributed by atoms with Crippen LogP contribution >= 0.6 is 11.3 Å². The van der Waals surface area contributed by atoms with E-state index in [-0.39, 0.29) is 21.9 Å². The molecule has 1 atom stereocenters. The highest BCUT2D eigenvalue weighted by molar-refractivity contribution is 7.89. The van der Waals surface area contributed by atoms with E-state index in [1.54, 1.807) is 31.4 Å². The number of amides is 1. The molecule has 0 aliphatic rings. The zero-order valence-electron chi connectivity index (χ0n) is 21.6. The topological polar surface area (TPSA) is 110 Å². The summed E-state index contributed by atoms with van der Waals surface area (Å²) in [4.78, 5) is 13.4. The maximum Gasteiger partial charge on any atom is 0.244 e. The summed E-state index contributed by atoms with van der Waals surface area (Å²) >= 11 is 1.19. The molecule has 4 rings (SSSR count). The minimum atomic E-state index is -3.98. The van der Waals surface area contributed by atoms with Crippen molar-refractivity contribution in [2.24, 2.45) is 0 Å². The summed E-state index contributed by atoms with van der Waals surface area (Å²) in [7, 11) is -2.40. The summed E-state index contributed by atoms with van der Waals surface area (Å²) in [5, 5.41) is 11.8. The van der Waals surface area contributed by atoms with Crippen LogP contribution in [0.15, 0.2) is 83.8 Å². The Balaban J connectivity index is 1.56. The molecule has 0 bridgehead atoms. The van der Waals surface area contributed by atoms with Gasteiger partial charge in [0, 0.05) is 5.56 Å². The molecule has 1 unspecified atom stereocenters. The van der Waals surface area contributed by atoms with Gasteiger partial charge < -0.3 is 4.74 Å². The van der Waals surface area contributed by atoms with Crippen molar-refractivity contribution in [3.63, 3.8) is 0 Å². The van der Waals surface area contributed by atoms with Crippen molar-refractivity contribution in [2.45, 2.75) is 43.5 Å². The predicted molar refractivity (Wildman–Crippen MR) is 150 cm³/mol. The second-order valence-electron chi connectivity index (χ2n) is 9.77. The summed E-state index contributed by atoms with van der Waals surface area (Å²) in [6.07, 6.45) is 0.160. The molecule has 1 heterocycles. The molecular weight excluding hydrogens is 520 g/mol. The Labute approximate surface area is 227 Å². The third-order valence-corrected chi connectivity index (χ3v) is 8.27. The highest BCUT2D eigenvalue weighted by atomic mass is 32.2. The molecule has 3 aromatic carbocycles. The number of anilines is 1. The van der Waals surface area contributed by atoms with E-state index in [9.17, 15) is 13.2 Å². The smallest absolute Gasteiger partial charge is 0.244 e. The number of rotatable bonds is 9. The lowest BCUT2D eigenvalue weighted by Crippen LogP contribution is -2.45. The van der Waals surface area contributed by atoms with Gasteiger partial charge in [0.05, 0.1) is 12.0 Å². The molecule has 1 amide bonds. The van der Waals surface area contributed by atoms with Crippen molar-refractivity contribution in [1.29, 1.82) is 0 Å². The van der Waals surface area contributed by atoms with Crippen LogP contribution in [0.4, 0.5) is 5.13 Å². The van der Waals surface area contributed by atoms with Crippen LogP contribution in [0.1, 0.15) is 31.9 Å². The van der Waals surface area contributed by atoms with Crippen molar-refractivity contribution in [3.05, 3.63) is 90.0 Å². The average Bonchev–Trinajstić information content (AvgIpc) is 3.37. The first-order valence-electron chi connectivity index (χ1n) is 12.0. The van der Waals surface area contributed by atoms with Gasteiger partial charge in [0.15, 0.2) is 0 Å². The standard InChI is InChI=1S/C28H30N4O4S2/c1-28(2,3)21-13-15-23(16-14-21)38(34,35)32-24(17-19-9-6-5-7-10-19)25(33)29-27-31-30-26(37-27)20-11-8-12-22(18-20)36-4/h5-16,18,24,32H,17H2,1-4H3,(H,29,31,33). The van der Waals surface area contributed by atoms with Crippen LogP contribution in [0.5, 0.6) is 5.75 Å². The van der Waals surface area contributed by atoms with Crippen molar-refractivity contribution in [3.8, 4) is 16.3 Å². The molecular formula is C28H30N4O4S2. The fourth-order valence-electron chi connectivity index (χ4n) is 3.77. The van der Waals surface area contributed by atoms with E-state index in [1.807, 2.05) is 54.6 Å². The van der Waals surface area contributed by atoms with Crippen LogP contribution in [-0.2, 0) is 26.7 Å². The van der Waals surface area contributed by atoms with E-state index in [4.69, 9.17) is 4.74 Å². The number of aromatic nitrogens is 2. The summed E-state index contributed by atoms with van der Waals surface area (Å²) < 4.78 is 34.4. The first kappa shape index (κ1) is 27.4. The van der Waals surface area contributed by atoms with Gasteiger partial charge in [0.2, 0.25) is 21.1 Å². The molecule has 38 heavy (non-hydrogen) atoms. The second-order valence-corrected chi connectivity index (χ2v) is 12.5. The van der Waals surface area contributed by atoms with E-state index in [2.05, 4.69) is 41.0 Å². The molecule has 0 aliphatic carbocycles. The first-order chi connectivity index (χ1) is 18.0. The van der Waals surface area contributed by atoms with Gasteiger partial charge in [-0.25, -0.2) is 8.42 Å². The Morgan fingerprint density at radius 3 is 2.34 bits per heavy atom. The van der Waals surface area contributed by atoms with Crippen LogP contribution < -0.4 is 14.8 Å². The van der Waals surface area contributed by atoms with Gasteiger partial charge in [-0.05, 0) is 47.2 Å². The molecule has 0 aliphatic heterocycles. The van der Waals surface area contributed by atoms with Crippen LogP contribution in [0.3, 0.4) is 0 Å². The molecule has 10 heteroatoms. The number of carbonyl (C=O) groups is 1. The highest BCUT2D eigenvalue weighted by Crippen LogP contribution is 2.29. The van der Waals surface area contributed by atoms with Gasteiger partial charge >= 0.3 is 0 Å². The molecule has 1 aromatic heterocycles. The van der Waals surface area contributed by atoms with Crippen LogP contribution in [0.25, 0.3) is 10.6 Å². The molecule has 0 saturated carbocycles. The minimum absolute atomic E-state index is 0.0904. The molecule has 0 radical (unpaired) electrons. The summed E-state index contributed by atoms with van der Waals surface area (Å²) in [5.74, 6) is 0.147. The SMILES string of the molecule is COc1cccc(-c2nnc(NC(=O)C(Cc3ccccc3)NS(=O)(=O)c3ccc(C(C)(C)C)cc3)s2)c1. The zero-order chi connectivity index (χ0) is 27.3. The Hall–Kier alpha value is -3.60. The minimum Gasteiger partial charge on any atom is -0.497 e. The maximum atomic E-state index is 13.3. The molecule has 2 N–H and O–H groups in total. The quantitative estimate of drug-likeness (QED) is 0.302. The molecule has 0 spiro atoms. The van der Waals surface area contributed by atoms with Gasteiger partial charge in [-0.15, -0.1) is 10.2 Å². The van der Waals surface area contributed by atoms with Gasteiger partial charge in [0.1, 0.15) is 16.8 Å². The van der Waals surface area contributed by atoms with E-state index in [0.717, 1.165) is 16.7 Å².